The highest BCUT2D eigenvalue weighted by Gasteiger charge is 2.46. The fourth-order valence-corrected chi connectivity index (χ4v) is 10.9. The maximum absolute atomic E-state index is 14.3. The van der Waals surface area contributed by atoms with E-state index in [9.17, 15) is 24.3 Å². The number of aryl methyl sites for hydroxylation is 1. The number of aromatic nitrogens is 3. The summed E-state index contributed by atoms with van der Waals surface area (Å²) < 4.78 is 35.7. The summed E-state index contributed by atoms with van der Waals surface area (Å²) in [7, 11) is 1.88. The SMILES string of the molecule is Cc1ncsc1-c1ccc(CNC(=O)[C@@H]2C[C@@H](O)CN2C(=O)[C@H](C(C)C)N2Cc3ccccc3C2=O)c(OCCOCCOCCOCCOCCOc2ccc(Nc3ncc(Br)c(NCCCN(C)C(=O)C4CCC4)n3)cc2)c1. The number of benzene rings is 3. The molecular formula is C58H74BrN9O11S. The summed E-state index contributed by atoms with van der Waals surface area (Å²) >= 11 is 5.05. The first-order valence-corrected chi connectivity index (χ1v) is 29.2. The van der Waals surface area contributed by atoms with Gasteiger partial charge in [-0.3, -0.25) is 19.2 Å². The van der Waals surface area contributed by atoms with Crippen molar-refractivity contribution < 1.29 is 52.7 Å². The second kappa shape index (κ2) is 30.0. The summed E-state index contributed by atoms with van der Waals surface area (Å²) in [6.07, 6.45) is 4.87. The highest BCUT2D eigenvalue weighted by atomic mass is 79.9. The van der Waals surface area contributed by atoms with E-state index < -0.39 is 24.1 Å². The predicted molar refractivity (Wildman–Crippen MR) is 307 cm³/mol. The molecule has 4 N–H and O–H groups in total. The molecule has 2 aromatic heterocycles. The van der Waals surface area contributed by atoms with Gasteiger partial charge in [0.25, 0.3) is 5.91 Å². The molecule has 1 saturated heterocycles. The van der Waals surface area contributed by atoms with Gasteiger partial charge in [0.15, 0.2) is 0 Å². The Morgan fingerprint density at radius 2 is 1.57 bits per heavy atom. The number of β-amino-alcohol motifs (C(OH)–C–C–N with tert-alkyl or cyclic N) is 1. The Bertz CT molecular complexity index is 2840. The Balaban J connectivity index is 0.675. The molecule has 0 bridgehead atoms. The average Bonchev–Trinajstić information content (AvgIpc) is 4.15. The monoisotopic (exact) mass is 1180 g/mol. The van der Waals surface area contributed by atoms with Crippen LogP contribution in [0, 0.1) is 18.8 Å². The molecule has 3 atom stereocenters. The molecule has 2 aliphatic heterocycles. The van der Waals surface area contributed by atoms with E-state index in [2.05, 4.69) is 46.8 Å². The minimum Gasteiger partial charge on any atom is -0.491 e. The molecule has 5 aromatic rings. The van der Waals surface area contributed by atoms with E-state index in [4.69, 9.17) is 28.4 Å². The maximum Gasteiger partial charge on any atom is 0.255 e. The second-order valence-electron chi connectivity index (χ2n) is 20.3. The third-order valence-corrected chi connectivity index (χ3v) is 15.8. The molecule has 4 amide bonds. The first-order chi connectivity index (χ1) is 38.8. The van der Waals surface area contributed by atoms with Crippen molar-refractivity contribution >= 4 is 68.3 Å². The van der Waals surface area contributed by atoms with Crippen molar-refractivity contribution in [2.24, 2.45) is 11.8 Å². The standard InChI is InChI=1S/C58H74BrN9O11S/c1-38(2)51(68-35-43-9-5-6-12-47(43)56(68)72)57(73)67-36-45(69)32-49(67)54(70)61-33-42-14-13-41(52-39(3)63-37-80-52)31-50(42)79-30-28-77-26-24-75-22-21-74-23-25-76-27-29-78-46-17-15-44(16-18-46)64-58-62-34-48(59)53(65-58)60-19-8-20-66(4)55(71)40-10-7-11-40/h5-6,9,12-18,31,34,37-38,40,45,49,51,69H,7-8,10-11,19-30,32-33,35-36H2,1-4H3,(H,61,70)(H2,60,62,64,65)/t45-,49+,51+/m1/s1. The molecule has 20 nitrogen and oxygen atoms in total. The predicted octanol–water partition coefficient (Wildman–Crippen LogP) is 7.26. The second-order valence-corrected chi connectivity index (χ2v) is 22.0. The molecule has 8 rings (SSSR count). The third-order valence-electron chi connectivity index (χ3n) is 14.2. The number of carbonyl (C=O) groups is 4. The summed E-state index contributed by atoms with van der Waals surface area (Å²) in [6, 6.07) is 18.9. The van der Waals surface area contributed by atoms with Crippen LogP contribution in [0.4, 0.5) is 17.5 Å². The van der Waals surface area contributed by atoms with Crippen molar-refractivity contribution in [1.29, 1.82) is 0 Å². The number of nitrogens with one attached hydrogen (secondary N) is 3. The maximum atomic E-state index is 14.3. The van der Waals surface area contributed by atoms with Crippen LogP contribution in [0.5, 0.6) is 11.5 Å². The molecule has 2 fully saturated rings. The van der Waals surface area contributed by atoms with Gasteiger partial charge in [-0.05, 0) is 95.6 Å². The molecular weight excluding hydrogens is 1110 g/mol. The molecule has 22 heteroatoms. The van der Waals surface area contributed by atoms with E-state index in [0.717, 1.165) is 63.1 Å². The Morgan fingerprint density at radius 3 is 2.23 bits per heavy atom. The molecule has 0 radical (unpaired) electrons. The van der Waals surface area contributed by atoms with E-state index in [-0.39, 0.29) is 55.7 Å². The number of anilines is 3. The highest BCUT2D eigenvalue weighted by molar-refractivity contribution is 9.10. The summed E-state index contributed by atoms with van der Waals surface area (Å²) in [5.74, 6) is 1.65. The molecule has 3 aliphatic rings. The third kappa shape index (κ3) is 16.4. The van der Waals surface area contributed by atoms with Gasteiger partial charge in [-0.1, -0.05) is 50.6 Å². The number of aliphatic hydroxyl groups excluding tert-OH is 1. The highest BCUT2D eigenvalue weighted by Crippen LogP contribution is 2.34. The van der Waals surface area contributed by atoms with E-state index in [0.29, 0.717) is 108 Å². The lowest BCUT2D eigenvalue weighted by Crippen LogP contribution is -2.55. The van der Waals surface area contributed by atoms with Crippen LogP contribution in [0.2, 0.25) is 0 Å². The Kier molecular flexibility index (Phi) is 22.4. The van der Waals surface area contributed by atoms with Crippen LogP contribution < -0.4 is 25.4 Å². The van der Waals surface area contributed by atoms with Gasteiger partial charge in [-0.25, -0.2) is 9.97 Å². The zero-order chi connectivity index (χ0) is 56.4. The minimum absolute atomic E-state index is 0.00393. The van der Waals surface area contributed by atoms with E-state index in [1.54, 1.807) is 22.7 Å². The zero-order valence-electron chi connectivity index (χ0n) is 46.0. The number of nitrogens with zero attached hydrogens (tertiary/aromatic N) is 6. The van der Waals surface area contributed by atoms with E-state index in [1.807, 2.05) is 93.4 Å². The van der Waals surface area contributed by atoms with Crippen molar-refractivity contribution in [3.63, 3.8) is 0 Å². The lowest BCUT2D eigenvalue weighted by atomic mass is 9.84. The van der Waals surface area contributed by atoms with Crippen LogP contribution in [-0.2, 0) is 46.4 Å². The molecule has 0 spiro atoms. The van der Waals surface area contributed by atoms with Crippen molar-refractivity contribution in [1.82, 2.24) is 35.0 Å². The number of hydrogen-bond donors (Lipinski definition) is 4. The number of aliphatic hydroxyl groups is 1. The number of rotatable bonds is 32. The number of carbonyl (C=O) groups excluding carboxylic acids is 4. The van der Waals surface area contributed by atoms with Crippen LogP contribution >= 0.6 is 27.3 Å². The van der Waals surface area contributed by atoms with Crippen molar-refractivity contribution in [2.45, 2.75) is 84.2 Å². The first-order valence-electron chi connectivity index (χ1n) is 27.5. The number of fused-ring (bicyclic) bond motifs is 1. The van der Waals surface area contributed by atoms with Crippen LogP contribution in [0.15, 0.2) is 82.9 Å². The summed E-state index contributed by atoms with van der Waals surface area (Å²) in [4.78, 5) is 73.3. The van der Waals surface area contributed by atoms with Crippen LogP contribution in [0.3, 0.4) is 0 Å². The quantitative estimate of drug-likeness (QED) is 0.0311. The van der Waals surface area contributed by atoms with Crippen molar-refractivity contribution in [3.05, 3.63) is 105 Å². The van der Waals surface area contributed by atoms with Crippen LogP contribution in [-0.4, -0.2) is 169 Å². The molecule has 1 aliphatic carbocycles. The smallest absolute Gasteiger partial charge is 0.255 e. The lowest BCUT2D eigenvalue weighted by molar-refractivity contribution is -0.143. The fourth-order valence-electron chi connectivity index (χ4n) is 9.72. The number of thiazole rings is 1. The molecule has 4 heterocycles. The van der Waals surface area contributed by atoms with Crippen molar-refractivity contribution in [2.75, 3.05) is 103 Å². The lowest BCUT2D eigenvalue weighted by Gasteiger charge is -2.35. The van der Waals surface area contributed by atoms with E-state index >= 15 is 0 Å². The average molecular weight is 1190 g/mol. The van der Waals surface area contributed by atoms with Crippen LogP contribution in [0.25, 0.3) is 10.4 Å². The number of amides is 4. The largest absolute Gasteiger partial charge is 0.491 e. The van der Waals surface area contributed by atoms with Gasteiger partial charge < -0.3 is 64.2 Å². The van der Waals surface area contributed by atoms with Gasteiger partial charge in [-0.2, -0.15) is 4.98 Å². The summed E-state index contributed by atoms with van der Waals surface area (Å²) in [5, 5.41) is 20.3. The molecule has 430 valence electrons. The Morgan fingerprint density at radius 1 is 0.887 bits per heavy atom. The normalized spacial score (nSPS) is 16.4. The zero-order valence-corrected chi connectivity index (χ0v) is 48.4. The topological polar surface area (TPSA) is 228 Å². The number of likely N-dealkylation sites (tertiary alicyclic amines) is 1. The number of halogens is 1. The van der Waals surface area contributed by atoms with Gasteiger partial charge in [0, 0.05) is 75.1 Å². The van der Waals surface area contributed by atoms with Gasteiger partial charge >= 0.3 is 0 Å². The van der Waals surface area contributed by atoms with Gasteiger partial charge in [0.2, 0.25) is 23.7 Å². The fraction of sp³-hybridized carbons (Fsp3) is 0.500. The first kappa shape index (κ1) is 59.8. The van der Waals surface area contributed by atoms with Crippen LogP contribution in [0.1, 0.15) is 73.1 Å². The van der Waals surface area contributed by atoms with E-state index in [1.165, 1.54) is 16.2 Å². The van der Waals surface area contributed by atoms with Crippen molar-refractivity contribution in [3.8, 4) is 21.9 Å². The molecule has 1 saturated carbocycles. The van der Waals surface area contributed by atoms with Gasteiger partial charge in [-0.15, -0.1) is 11.3 Å². The number of hydrogen-bond acceptors (Lipinski definition) is 17. The Labute approximate surface area is 480 Å². The summed E-state index contributed by atoms with van der Waals surface area (Å²) in [6.45, 7) is 11.2. The summed E-state index contributed by atoms with van der Waals surface area (Å²) in [5.41, 5.74) is 6.59. The molecule has 3 aromatic carbocycles. The molecule has 0 unspecified atom stereocenters. The van der Waals surface area contributed by atoms with Gasteiger partial charge in [0.05, 0.1) is 79.5 Å². The molecule has 80 heavy (non-hydrogen) atoms. The number of ether oxygens (including phenoxy) is 6. The van der Waals surface area contributed by atoms with Gasteiger partial charge in [0.1, 0.15) is 42.6 Å². The minimum atomic E-state index is -0.915. The Hall–Kier alpha value is -6.27.